The van der Waals surface area contributed by atoms with E-state index in [1.165, 1.54) is 0 Å². The molecule has 0 spiro atoms. The smallest absolute Gasteiger partial charge is 0.404 e. The largest absolute Gasteiger partial charge is 0.465 e. The van der Waals surface area contributed by atoms with Crippen LogP contribution >= 0.6 is 0 Å². The Morgan fingerprint density at radius 2 is 1.70 bits per heavy atom. The van der Waals surface area contributed by atoms with E-state index in [2.05, 4.69) is 10.6 Å². The van der Waals surface area contributed by atoms with Crippen LogP contribution in [0.25, 0.3) is 0 Å². The highest BCUT2D eigenvalue weighted by Gasteiger charge is 2.26. The lowest BCUT2D eigenvalue weighted by Crippen LogP contribution is -2.51. The van der Waals surface area contributed by atoms with Crippen LogP contribution in [0.5, 0.6) is 0 Å². The third-order valence-electron chi connectivity index (χ3n) is 4.40. The van der Waals surface area contributed by atoms with E-state index in [-0.39, 0.29) is 18.5 Å². The van der Waals surface area contributed by atoms with Gasteiger partial charge in [0, 0.05) is 18.2 Å². The number of aliphatic hydroxyl groups excluding tert-OH is 1. The summed E-state index contributed by atoms with van der Waals surface area (Å²) in [5.74, 6) is -1.51. The maximum atomic E-state index is 13.4. The number of rotatable bonds is 8. The number of hydrogen-bond acceptors (Lipinski definition) is 3. The fourth-order valence-corrected chi connectivity index (χ4v) is 2.88. The van der Waals surface area contributed by atoms with Gasteiger partial charge in [-0.3, -0.25) is 0 Å². The van der Waals surface area contributed by atoms with Gasteiger partial charge in [-0.2, -0.15) is 0 Å². The van der Waals surface area contributed by atoms with E-state index < -0.39 is 35.4 Å². The van der Waals surface area contributed by atoms with Gasteiger partial charge in [-0.15, -0.1) is 0 Å². The van der Waals surface area contributed by atoms with Gasteiger partial charge in [0.2, 0.25) is 0 Å². The van der Waals surface area contributed by atoms with Crippen molar-refractivity contribution in [2.75, 3.05) is 6.54 Å². The first-order valence-corrected chi connectivity index (χ1v) is 8.60. The molecule has 0 aromatic heterocycles. The van der Waals surface area contributed by atoms with Crippen molar-refractivity contribution < 1.29 is 23.8 Å². The highest BCUT2D eigenvalue weighted by molar-refractivity contribution is 5.65. The van der Waals surface area contributed by atoms with Crippen LogP contribution in [-0.4, -0.2) is 35.0 Å². The third kappa shape index (κ3) is 6.30. The summed E-state index contributed by atoms with van der Waals surface area (Å²) in [6.45, 7) is 3.97. The number of benzene rings is 2. The number of hydrogen-bond donors (Lipinski definition) is 4. The maximum Gasteiger partial charge on any atom is 0.404 e. The molecule has 0 saturated carbocycles. The normalized spacial score (nSPS) is 13.8. The number of amides is 1. The molecule has 1 amide bonds. The molecular formula is C20H24F2N2O3. The Bertz CT molecular complexity index is 749. The molecule has 4 N–H and O–H groups in total. The predicted octanol–water partition coefficient (Wildman–Crippen LogP) is 3.03. The zero-order valence-corrected chi connectivity index (χ0v) is 15.2. The van der Waals surface area contributed by atoms with Gasteiger partial charge >= 0.3 is 6.09 Å². The summed E-state index contributed by atoms with van der Waals surface area (Å²) in [5.41, 5.74) is 0.806. The number of aliphatic hydroxyl groups is 1. The average Bonchev–Trinajstić information content (AvgIpc) is 2.58. The third-order valence-corrected chi connectivity index (χ3v) is 4.40. The van der Waals surface area contributed by atoms with Crippen LogP contribution in [0.4, 0.5) is 13.6 Å². The molecule has 2 atom stereocenters. The molecule has 0 bridgehead atoms. The number of halogens is 2. The molecular weight excluding hydrogens is 354 g/mol. The molecule has 2 aromatic rings. The second kappa shape index (κ2) is 8.92. The Morgan fingerprint density at radius 1 is 1.11 bits per heavy atom. The van der Waals surface area contributed by atoms with Crippen LogP contribution in [-0.2, 0) is 12.0 Å². The number of carbonyl (C=O) groups is 1. The van der Waals surface area contributed by atoms with E-state index in [0.717, 1.165) is 23.8 Å². The molecule has 0 aliphatic rings. The Balaban J connectivity index is 2.07. The summed E-state index contributed by atoms with van der Waals surface area (Å²) in [7, 11) is 0. The zero-order chi connectivity index (χ0) is 20.0. The second-order valence-corrected chi connectivity index (χ2v) is 6.98. The van der Waals surface area contributed by atoms with Gasteiger partial charge in [0.05, 0.1) is 12.1 Å². The zero-order valence-electron chi connectivity index (χ0n) is 15.2. The fraction of sp³-hybridized carbons (Fsp3) is 0.350. The van der Waals surface area contributed by atoms with Gasteiger partial charge in [-0.05, 0) is 43.5 Å². The molecule has 0 radical (unpaired) electrons. The molecule has 5 nitrogen and oxygen atoms in total. The first kappa shape index (κ1) is 20.8. The highest BCUT2D eigenvalue weighted by atomic mass is 19.1. The molecule has 0 saturated heterocycles. The second-order valence-electron chi connectivity index (χ2n) is 6.98. The first-order valence-electron chi connectivity index (χ1n) is 8.60. The minimum atomic E-state index is -1.32. The molecule has 27 heavy (non-hydrogen) atoms. The van der Waals surface area contributed by atoms with Crippen molar-refractivity contribution in [3.63, 3.8) is 0 Å². The summed E-state index contributed by atoms with van der Waals surface area (Å²) < 4.78 is 26.8. The van der Waals surface area contributed by atoms with Gasteiger partial charge < -0.3 is 20.8 Å². The minimum absolute atomic E-state index is 0.0460. The topological polar surface area (TPSA) is 81.6 Å². The summed E-state index contributed by atoms with van der Waals surface area (Å²) in [6, 6.07) is 11.7. The Labute approximate surface area is 157 Å². The summed E-state index contributed by atoms with van der Waals surface area (Å²) >= 11 is 0. The van der Waals surface area contributed by atoms with Gasteiger partial charge in [-0.1, -0.05) is 30.3 Å². The van der Waals surface area contributed by atoms with E-state index >= 15 is 0 Å². The van der Waals surface area contributed by atoms with Gasteiger partial charge in [-0.25, -0.2) is 13.6 Å². The minimum Gasteiger partial charge on any atom is -0.465 e. The van der Waals surface area contributed by atoms with E-state index in [0.29, 0.717) is 0 Å². The molecule has 0 aliphatic heterocycles. The standard InChI is InChI=1S/C20H24F2N2O3/c1-20(2,14-6-4-3-5-7-14)23-12-18(25)17(24-19(26)27)10-13-8-15(21)11-16(22)9-13/h3-9,11,17-18,23-25H,10,12H2,1-2H3,(H,26,27)/t17-,18-/m0/s1. The lowest BCUT2D eigenvalue weighted by molar-refractivity contribution is 0.110. The Hall–Kier alpha value is -2.51. The molecule has 2 rings (SSSR count). The molecule has 0 fully saturated rings. The van der Waals surface area contributed by atoms with Crippen molar-refractivity contribution in [3.8, 4) is 0 Å². The summed E-state index contributed by atoms with van der Waals surface area (Å²) in [4.78, 5) is 11.1. The molecule has 146 valence electrons. The SMILES string of the molecule is CC(C)(NC[C@H](O)[C@H](Cc1cc(F)cc(F)c1)NC(=O)O)c1ccccc1. The van der Waals surface area contributed by atoms with E-state index in [9.17, 15) is 18.7 Å². The lowest BCUT2D eigenvalue weighted by Gasteiger charge is -2.31. The maximum absolute atomic E-state index is 13.4. The van der Waals surface area contributed by atoms with E-state index in [1.54, 1.807) is 0 Å². The number of carboxylic acid groups (broad SMARTS) is 1. The van der Waals surface area contributed by atoms with Gasteiger partial charge in [0.25, 0.3) is 0 Å². The number of nitrogens with one attached hydrogen (secondary N) is 2. The van der Waals surface area contributed by atoms with Crippen molar-refractivity contribution in [2.24, 2.45) is 0 Å². The molecule has 2 aromatic carbocycles. The average molecular weight is 378 g/mol. The monoisotopic (exact) mass is 378 g/mol. The first-order chi connectivity index (χ1) is 12.7. The van der Waals surface area contributed by atoms with Crippen LogP contribution in [0.15, 0.2) is 48.5 Å². The molecule has 0 unspecified atom stereocenters. The summed E-state index contributed by atoms with van der Waals surface area (Å²) in [5, 5.41) is 25.0. The van der Waals surface area contributed by atoms with Gasteiger partial charge in [0.1, 0.15) is 11.6 Å². The van der Waals surface area contributed by atoms with Crippen molar-refractivity contribution >= 4 is 6.09 Å². The predicted molar refractivity (Wildman–Crippen MR) is 98.5 cm³/mol. The van der Waals surface area contributed by atoms with E-state index in [1.807, 2.05) is 44.2 Å². The molecule has 7 heteroatoms. The highest BCUT2D eigenvalue weighted by Crippen LogP contribution is 2.19. The fourth-order valence-electron chi connectivity index (χ4n) is 2.88. The quantitative estimate of drug-likeness (QED) is 0.569. The van der Waals surface area contributed by atoms with Crippen LogP contribution in [0, 0.1) is 11.6 Å². The van der Waals surface area contributed by atoms with Crippen LogP contribution in [0.2, 0.25) is 0 Å². The van der Waals surface area contributed by atoms with Crippen molar-refractivity contribution in [1.82, 2.24) is 10.6 Å². The van der Waals surface area contributed by atoms with Gasteiger partial charge in [0.15, 0.2) is 0 Å². The van der Waals surface area contributed by atoms with Crippen molar-refractivity contribution in [2.45, 2.75) is 38.0 Å². The Morgan fingerprint density at radius 3 is 2.26 bits per heavy atom. The van der Waals surface area contributed by atoms with Crippen molar-refractivity contribution in [3.05, 3.63) is 71.3 Å². The lowest BCUT2D eigenvalue weighted by atomic mass is 9.93. The molecule has 0 heterocycles. The van der Waals surface area contributed by atoms with Crippen LogP contribution in [0.3, 0.4) is 0 Å². The molecule has 0 aliphatic carbocycles. The van der Waals surface area contributed by atoms with Crippen LogP contribution < -0.4 is 10.6 Å². The summed E-state index contributed by atoms with van der Waals surface area (Å²) in [6.07, 6.45) is -2.47. The Kier molecular flexibility index (Phi) is 6.87. The van der Waals surface area contributed by atoms with E-state index in [4.69, 9.17) is 5.11 Å². The van der Waals surface area contributed by atoms with Crippen LogP contribution in [0.1, 0.15) is 25.0 Å². The van der Waals surface area contributed by atoms with Crippen molar-refractivity contribution in [1.29, 1.82) is 0 Å².